The standard InChI is InChI=1S/C24H33N3O2/c28-22(26-20-6-7-25-15-20)21(11-16-4-2-1-3-5-16)27-23(29)24-12-17-8-18(13-24)10-19(9-17)14-24/h1-5,17-21,25H,6-15H2,(H,26,28)(H,27,29). The predicted molar refractivity (Wildman–Crippen MR) is 112 cm³/mol. The van der Waals surface area contributed by atoms with Crippen LogP contribution in [0.5, 0.6) is 0 Å². The van der Waals surface area contributed by atoms with Gasteiger partial charge < -0.3 is 16.0 Å². The Labute approximate surface area is 173 Å². The molecule has 5 aliphatic rings. The van der Waals surface area contributed by atoms with E-state index in [1.807, 2.05) is 30.3 Å². The fraction of sp³-hybridized carbons (Fsp3) is 0.667. The summed E-state index contributed by atoms with van der Waals surface area (Å²) in [4.78, 5) is 26.6. The lowest BCUT2D eigenvalue weighted by atomic mass is 9.49. The number of carbonyl (C=O) groups is 2. The molecule has 0 aromatic heterocycles. The lowest BCUT2D eigenvalue weighted by molar-refractivity contribution is -0.148. The summed E-state index contributed by atoms with van der Waals surface area (Å²) >= 11 is 0. The van der Waals surface area contributed by atoms with Gasteiger partial charge in [-0.25, -0.2) is 0 Å². The minimum Gasteiger partial charge on any atom is -0.350 e. The number of hydrogen-bond acceptors (Lipinski definition) is 3. The molecule has 6 rings (SSSR count). The Balaban J connectivity index is 1.31. The Morgan fingerprint density at radius 2 is 1.69 bits per heavy atom. The molecule has 1 aromatic carbocycles. The molecule has 0 spiro atoms. The van der Waals surface area contributed by atoms with Crippen LogP contribution < -0.4 is 16.0 Å². The summed E-state index contributed by atoms with van der Waals surface area (Å²) in [5.41, 5.74) is 0.863. The predicted octanol–water partition coefficient (Wildman–Crippen LogP) is 2.41. The van der Waals surface area contributed by atoms with Gasteiger partial charge in [0.25, 0.3) is 0 Å². The van der Waals surface area contributed by atoms with Crippen LogP contribution >= 0.6 is 0 Å². The van der Waals surface area contributed by atoms with Crippen LogP contribution in [-0.4, -0.2) is 37.0 Å². The zero-order valence-corrected chi connectivity index (χ0v) is 17.2. The van der Waals surface area contributed by atoms with Crippen molar-refractivity contribution in [3.8, 4) is 0 Å². The second-order valence-corrected chi connectivity index (χ2v) is 10.1. The summed E-state index contributed by atoms with van der Waals surface area (Å²) in [5, 5.41) is 9.68. The first-order valence-electron chi connectivity index (χ1n) is 11.5. The smallest absolute Gasteiger partial charge is 0.243 e. The van der Waals surface area contributed by atoms with Gasteiger partial charge in [0.15, 0.2) is 0 Å². The number of nitrogens with one attached hydrogen (secondary N) is 3. The summed E-state index contributed by atoms with van der Waals surface area (Å²) in [5.74, 6) is 2.26. The van der Waals surface area contributed by atoms with Crippen LogP contribution in [0.3, 0.4) is 0 Å². The van der Waals surface area contributed by atoms with Crippen molar-refractivity contribution >= 4 is 11.8 Å². The molecule has 2 unspecified atom stereocenters. The molecule has 2 atom stereocenters. The van der Waals surface area contributed by atoms with Crippen LogP contribution in [0, 0.1) is 23.2 Å². The van der Waals surface area contributed by atoms with E-state index in [0.29, 0.717) is 6.42 Å². The van der Waals surface area contributed by atoms with Gasteiger partial charge in [-0.1, -0.05) is 30.3 Å². The average molecular weight is 396 g/mol. The van der Waals surface area contributed by atoms with Gasteiger partial charge in [0.2, 0.25) is 11.8 Å². The lowest BCUT2D eigenvalue weighted by Gasteiger charge is -2.55. The Hall–Kier alpha value is -1.88. The summed E-state index contributed by atoms with van der Waals surface area (Å²) in [7, 11) is 0. The van der Waals surface area contributed by atoms with Crippen molar-refractivity contribution in [3.63, 3.8) is 0 Å². The van der Waals surface area contributed by atoms with Crippen molar-refractivity contribution in [1.29, 1.82) is 0 Å². The second kappa shape index (κ2) is 7.75. The molecule has 4 bridgehead atoms. The number of hydrogen-bond donors (Lipinski definition) is 3. The Morgan fingerprint density at radius 3 is 2.28 bits per heavy atom. The summed E-state index contributed by atoms with van der Waals surface area (Å²) < 4.78 is 0. The molecule has 156 valence electrons. The number of amides is 2. The molecule has 4 saturated carbocycles. The van der Waals surface area contributed by atoms with Crippen molar-refractivity contribution in [1.82, 2.24) is 16.0 Å². The first-order valence-corrected chi connectivity index (χ1v) is 11.5. The molecule has 5 nitrogen and oxygen atoms in total. The van der Waals surface area contributed by atoms with E-state index < -0.39 is 6.04 Å². The highest BCUT2D eigenvalue weighted by molar-refractivity contribution is 5.90. The van der Waals surface area contributed by atoms with E-state index in [1.54, 1.807) is 0 Å². The topological polar surface area (TPSA) is 70.2 Å². The van der Waals surface area contributed by atoms with E-state index in [-0.39, 0.29) is 23.3 Å². The van der Waals surface area contributed by atoms with Gasteiger partial charge >= 0.3 is 0 Å². The van der Waals surface area contributed by atoms with Crippen molar-refractivity contribution in [3.05, 3.63) is 35.9 Å². The van der Waals surface area contributed by atoms with Crippen LogP contribution in [-0.2, 0) is 16.0 Å². The zero-order chi connectivity index (χ0) is 19.8. The van der Waals surface area contributed by atoms with E-state index in [2.05, 4.69) is 16.0 Å². The molecule has 5 heteroatoms. The van der Waals surface area contributed by atoms with Gasteiger partial charge in [-0.2, -0.15) is 0 Å². The lowest BCUT2D eigenvalue weighted by Crippen LogP contribution is -2.58. The van der Waals surface area contributed by atoms with Gasteiger partial charge in [0, 0.05) is 24.4 Å². The summed E-state index contributed by atoms with van der Waals surface area (Å²) in [6.07, 6.45) is 8.52. The molecule has 5 fully saturated rings. The SMILES string of the molecule is O=C(NC1CCNC1)C(Cc1ccccc1)NC(=O)C12CC3CC(CC(C3)C1)C2. The molecular formula is C24H33N3O2. The van der Waals surface area contributed by atoms with Gasteiger partial charge in [0.1, 0.15) is 6.04 Å². The first-order chi connectivity index (χ1) is 14.1. The first kappa shape index (κ1) is 19.1. The number of benzene rings is 1. The van der Waals surface area contributed by atoms with Crippen molar-refractivity contribution in [2.24, 2.45) is 23.2 Å². The number of rotatable bonds is 6. The molecule has 0 radical (unpaired) electrons. The molecular weight excluding hydrogens is 362 g/mol. The van der Waals surface area contributed by atoms with Gasteiger partial charge in [-0.05, 0) is 74.8 Å². The molecule has 3 N–H and O–H groups in total. The molecule has 1 aromatic rings. The zero-order valence-electron chi connectivity index (χ0n) is 17.2. The van der Waals surface area contributed by atoms with E-state index in [1.165, 1.54) is 19.3 Å². The van der Waals surface area contributed by atoms with E-state index in [0.717, 1.165) is 62.1 Å². The quantitative estimate of drug-likeness (QED) is 0.693. The maximum absolute atomic E-state index is 13.5. The van der Waals surface area contributed by atoms with Crippen LogP contribution in [0.2, 0.25) is 0 Å². The molecule has 1 saturated heterocycles. The molecule has 1 heterocycles. The highest BCUT2D eigenvalue weighted by atomic mass is 16.2. The van der Waals surface area contributed by atoms with Gasteiger partial charge in [-0.3, -0.25) is 9.59 Å². The van der Waals surface area contributed by atoms with Crippen LogP contribution in [0.15, 0.2) is 30.3 Å². The molecule has 29 heavy (non-hydrogen) atoms. The Kier molecular flexibility index (Phi) is 5.10. The third-order valence-corrected chi connectivity index (χ3v) is 7.83. The molecule has 4 aliphatic carbocycles. The van der Waals surface area contributed by atoms with Crippen LogP contribution in [0.25, 0.3) is 0 Å². The third-order valence-electron chi connectivity index (χ3n) is 7.83. The maximum Gasteiger partial charge on any atom is 0.243 e. The molecule has 1 aliphatic heterocycles. The monoisotopic (exact) mass is 395 g/mol. The van der Waals surface area contributed by atoms with Crippen LogP contribution in [0.4, 0.5) is 0 Å². The van der Waals surface area contributed by atoms with Crippen molar-refractivity contribution in [2.75, 3.05) is 13.1 Å². The Bertz CT molecular complexity index is 721. The minimum atomic E-state index is -0.501. The normalized spacial score (nSPS) is 36.0. The van der Waals surface area contributed by atoms with Crippen LogP contribution in [0.1, 0.15) is 50.5 Å². The highest BCUT2D eigenvalue weighted by Gasteiger charge is 2.55. The van der Waals surface area contributed by atoms with E-state index in [9.17, 15) is 9.59 Å². The average Bonchev–Trinajstić information content (AvgIpc) is 3.20. The van der Waals surface area contributed by atoms with E-state index in [4.69, 9.17) is 0 Å². The minimum absolute atomic E-state index is 0.0411. The van der Waals surface area contributed by atoms with Crippen molar-refractivity contribution < 1.29 is 9.59 Å². The van der Waals surface area contributed by atoms with E-state index >= 15 is 0 Å². The summed E-state index contributed by atoms with van der Waals surface area (Å²) in [6, 6.07) is 9.70. The Morgan fingerprint density at radius 1 is 1.03 bits per heavy atom. The third kappa shape index (κ3) is 3.94. The highest BCUT2D eigenvalue weighted by Crippen LogP contribution is 2.60. The van der Waals surface area contributed by atoms with Gasteiger partial charge in [0.05, 0.1) is 0 Å². The fourth-order valence-corrected chi connectivity index (χ4v) is 6.84. The van der Waals surface area contributed by atoms with Crippen molar-refractivity contribution in [2.45, 2.75) is 63.5 Å². The fourth-order valence-electron chi connectivity index (χ4n) is 6.84. The largest absolute Gasteiger partial charge is 0.350 e. The maximum atomic E-state index is 13.5. The second-order valence-electron chi connectivity index (χ2n) is 10.1. The molecule has 2 amide bonds. The van der Waals surface area contributed by atoms with Gasteiger partial charge in [-0.15, -0.1) is 0 Å². The summed E-state index contributed by atoms with van der Waals surface area (Å²) in [6.45, 7) is 1.75. The number of carbonyl (C=O) groups excluding carboxylic acids is 2.